The van der Waals surface area contributed by atoms with E-state index in [4.69, 9.17) is 4.74 Å². The van der Waals surface area contributed by atoms with Gasteiger partial charge in [0, 0.05) is 36.3 Å². The fourth-order valence-corrected chi connectivity index (χ4v) is 4.25. The number of rotatable bonds is 5. The molecule has 4 heterocycles. The normalized spacial score (nSPS) is 15.3. The first-order valence-corrected chi connectivity index (χ1v) is 11.5. The summed E-state index contributed by atoms with van der Waals surface area (Å²) in [5, 5.41) is 7.88. The van der Waals surface area contributed by atoms with Crippen LogP contribution in [0.25, 0.3) is 17.2 Å². The molecule has 1 aliphatic rings. The van der Waals surface area contributed by atoms with Crippen molar-refractivity contribution in [2.45, 2.75) is 38.0 Å². The number of ether oxygens (including phenoxy) is 1. The Balaban J connectivity index is 1.43. The first kappa shape index (κ1) is 25.6. The molecule has 9 nitrogen and oxygen atoms in total. The molecule has 0 saturated carbocycles. The Kier molecular flexibility index (Phi) is 6.53. The van der Waals surface area contributed by atoms with E-state index in [9.17, 15) is 26.3 Å². The van der Waals surface area contributed by atoms with Gasteiger partial charge < -0.3 is 9.64 Å². The van der Waals surface area contributed by atoms with Gasteiger partial charge in [0.2, 0.25) is 0 Å². The van der Waals surface area contributed by atoms with Crippen molar-refractivity contribution in [2.24, 2.45) is 0 Å². The number of halogens is 6. The van der Waals surface area contributed by atoms with Crippen LogP contribution in [0.2, 0.25) is 0 Å². The van der Waals surface area contributed by atoms with E-state index in [2.05, 4.69) is 35.0 Å². The van der Waals surface area contributed by atoms with Crippen LogP contribution in [0.15, 0.2) is 36.7 Å². The van der Waals surface area contributed by atoms with Crippen LogP contribution in [-0.4, -0.2) is 60.4 Å². The smallest absolute Gasteiger partial charge is 0.422 e. The number of alkyl halides is 6. The highest BCUT2D eigenvalue weighted by Crippen LogP contribution is 2.34. The lowest BCUT2D eigenvalue weighted by molar-refractivity contribution is -0.154. The highest BCUT2D eigenvalue weighted by molar-refractivity contribution is 5.57. The molecule has 38 heavy (non-hydrogen) atoms. The summed E-state index contributed by atoms with van der Waals surface area (Å²) in [6, 6.07) is 5.55. The van der Waals surface area contributed by atoms with Crippen molar-refractivity contribution in [3.05, 3.63) is 53.7 Å². The van der Waals surface area contributed by atoms with Gasteiger partial charge in [0.1, 0.15) is 18.0 Å². The largest absolute Gasteiger partial charge is 0.454 e. The van der Waals surface area contributed by atoms with E-state index in [0.29, 0.717) is 31.7 Å². The van der Waals surface area contributed by atoms with Crippen LogP contribution in [0.5, 0.6) is 6.01 Å². The van der Waals surface area contributed by atoms with Crippen molar-refractivity contribution in [3.63, 3.8) is 0 Å². The molecule has 3 aromatic heterocycles. The van der Waals surface area contributed by atoms with Crippen molar-refractivity contribution < 1.29 is 31.1 Å². The van der Waals surface area contributed by atoms with E-state index in [1.54, 1.807) is 10.7 Å². The van der Waals surface area contributed by atoms with Gasteiger partial charge in [-0.25, -0.2) is 9.97 Å². The van der Waals surface area contributed by atoms with Crippen molar-refractivity contribution in [1.29, 1.82) is 0 Å². The van der Waals surface area contributed by atoms with E-state index in [0.717, 1.165) is 23.6 Å². The van der Waals surface area contributed by atoms with Gasteiger partial charge in [-0.05, 0) is 31.9 Å². The number of benzene rings is 1. The van der Waals surface area contributed by atoms with Crippen LogP contribution in [-0.2, 0) is 6.18 Å². The molecule has 0 unspecified atom stereocenters. The number of anilines is 1. The van der Waals surface area contributed by atoms with Crippen LogP contribution in [0, 0.1) is 6.92 Å². The molecule has 1 aromatic carbocycles. The number of aromatic nitrogens is 7. The molecule has 0 aliphatic carbocycles. The van der Waals surface area contributed by atoms with Gasteiger partial charge in [0.15, 0.2) is 12.4 Å². The Bertz CT molecular complexity index is 1450. The average Bonchev–Trinajstić information content (AvgIpc) is 3.34. The van der Waals surface area contributed by atoms with Crippen molar-refractivity contribution >= 4 is 11.6 Å². The summed E-state index contributed by atoms with van der Waals surface area (Å²) in [7, 11) is 0. The molecule has 1 fully saturated rings. The molecule has 4 aromatic rings. The molecule has 200 valence electrons. The summed E-state index contributed by atoms with van der Waals surface area (Å²) in [5.41, 5.74) is -0.187. The molecule has 0 atom stereocenters. The van der Waals surface area contributed by atoms with E-state index in [1.807, 2.05) is 13.0 Å². The quantitative estimate of drug-likeness (QED) is 0.340. The second kappa shape index (κ2) is 9.68. The molecule has 1 aliphatic heterocycles. The maximum atomic E-state index is 13.2. The van der Waals surface area contributed by atoms with Crippen LogP contribution < -0.4 is 9.64 Å². The maximum absolute atomic E-state index is 13.2. The fourth-order valence-electron chi connectivity index (χ4n) is 4.25. The summed E-state index contributed by atoms with van der Waals surface area (Å²) < 4.78 is 84.6. The Morgan fingerprint density at radius 1 is 0.974 bits per heavy atom. The van der Waals surface area contributed by atoms with Crippen molar-refractivity contribution in [3.8, 4) is 17.4 Å². The van der Waals surface area contributed by atoms with Crippen LogP contribution in [0.1, 0.15) is 35.8 Å². The van der Waals surface area contributed by atoms with Crippen LogP contribution in [0.3, 0.4) is 0 Å². The number of hydrogen-bond donors (Lipinski definition) is 0. The molecule has 0 spiro atoms. The summed E-state index contributed by atoms with van der Waals surface area (Å²) >= 11 is 0. The minimum atomic E-state index is -4.65. The molecule has 0 radical (unpaired) electrons. The monoisotopic (exact) mass is 538 g/mol. The van der Waals surface area contributed by atoms with E-state index >= 15 is 0 Å². The van der Waals surface area contributed by atoms with Gasteiger partial charge in [-0.3, -0.25) is 4.40 Å². The van der Waals surface area contributed by atoms with E-state index < -0.39 is 30.5 Å². The Morgan fingerprint density at radius 3 is 2.45 bits per heavy atom. The Labute approximate surface area is 211 Å². The van der Waals surface area contributed by atoms with Gasteiger partial charge in [-0.15, -0.1) is 10.2 Å². The zero-order valence-corrected chi connectivity index (χ0v) is 19.8. The average molecular weight is 538 g/mol. The molecular formula is C23H20F6N8O. The molecule has 0 bridgehead atoms. The summed E-state index contributed by atoms with van der Waals surface area (Å²) in [5.74, 6) is 0.967. The summed E-state index contributed by atoms with van der Waals surface area (Å²) in [6.07, 6.45) is -6.66. The highest BCUT2D eigenvalue weighted by Gasteiger charge is 2.32. The highest BCUT2D eigenvalue weighted by atomic mass is 19.4. The minimum Gasteiger partial charge on any atom is -0.454 e. The molecule has 0 amide bonds. The van der Waals surface area contributed by atoms with E-state index in [-0.39, 0.29) is 23.1 Å². The number of nitrogens with zero attached hydrogens (tertiary/aromatic N) is 8. The van der Waals surface area contributed by atoms with Gasteiger partial charge in [-0.1, -0.05) is 12.1 Å². The standard InChI is InChI=1S/C23H20F6N8O/c1-13-9-17(37-12-30-35-20(37)31-13)36-7-5-14(6-8-36)18-32-19(34-21(33-18)38-11-22(24,25)26)15-3-2-4-16(10-15)23(27,28)29/h2-4,9-10,12,14H,5-8,11H2,1H3. The summed E-state index contributed by atoms with van der Waals surface area (Å²) in [6.45, 7) is 1.29. The minimum absolute atomic E-state index is 0.0139. The lowest BCUT2D eigenvalue weighted by Crippen LogP contribution is -2.34. The van der Waals surface area contributed by atoms with Crippen molar-refractivity contribution in [2.75, 3.05) is 24.6 Å². The second-order valence-corrected chi connectivity index (χ2v) is 8.80. The zero-order chi connectivity index (χ0) is 27.1. The first-order chi connectivity index (χ1) is 18.0. The van der Waals surface area contributed by atoms with Gasteiger partial charge in [-0.2, -0.15) is 36.3 Å². The third kappa shape index (κ3) is 5.60. The van der Waals surface area contributed by atoms with Crippen molar-refractivity contribution in [1.82, 2.24) is 34.5 Å². The summed E-state index contributed by atoms with van der Waals surface area (Å²) in [4.78, 5) is 18.7. The van der Waals surface area contributed by atoms with Crippen LogP contribution >= 0.6 is 0 Å². The van der Waals surface area contributed by atoms with Gasteiger partial charge in [0.05, 0.1) is 5.56 Å². The lowest BCUT2D eigenvalue weighted by atomic mass is 9.96. The van der Waals surface area contributed by atoms with Gasteiger partial charge in [0.25, 0.3) is 5.78 Å². The number of aryl methyl sites for hydroxylation is 1. The lowest BCUT2D eigenvalue weighted by Gasteiger charge is -2.33. The first-order valence-electron chi connectivity index (χ1n) is 11.5. The maximum Gasteiger partial charge on any atom is 0.422 e. The molecule has 0 N–H and O–H groups in total. The Morgan fingerprint density at radius 2 is 1.74 bits per heavy atom. The number of fused-ring (bicyclic) bond motifs is 1. The van der Waals surface area contributed by atoms with E-state index in [1.165, 1.54) is 12.1 Å². The molecule has 5 rings (SSSR count). The third-order valence-electron chi connectivity index (χ3n) is 6.02. The van der Waals surface area contributed by atoms with Crippen LogP contribution in [0.4, 0.5) is 32.2 Å². The Hall–Kier alpha value is -4.04. The predicted molar refractivity (Wildman–Crippen MR) is 122 cm³/mol. The molecular weight excluding hydrogens is 518 g/mol. The molecule has 15 heteroatoms. The topological polar surface area (TPSA) is 94.2 Å². The second-order valence-electron chi connectivity index (χ2n) is 8.80. The molecule has 1 saturated heterocycles. The third-order valence-corrected chi connectivity index (χ3v) is 6.02. The number of hydrogen-bond acceptors (Lipinski definition) is 8. The fraction of sp³-hybridized carbons (Fsp3) is 0.391. The number of piperidine rings is 1. The SMILES string of the molecule is Cc1cc(N2CCC(c3nc(OCC(F)(F)F)nc(-c4cccc(C(F)(F)F)c4)n3)CC2)n2cnnc2n1. The zero-order valence-electron chi connectivity index (χ0n) is 19.8. The van der Waals surface area contributed by atoms with Gasteiger partial charge >= 0.3 is 18.4 Å². The predicted octanol–water partition coefficient (Wildman–Crippen LogP) is 4.63.